The average Bonchev–Trinajstić information content (AvgIpc) is 3.03. The normalized spacial score (nSPS) is 17.4. The molecule has 1 aliphatic rings. The van der Waals surface area contributed by atoms with Crippen LogP contribution in [0.1, 0.15) is 37.6 Å². The van der Waals surface area contributed by atoms with E-state index in [0.717, 1.165) is 31.0 Å². The molecule has 0 aromatic carbocycles. The van der Waals surface area contributed by atoms with Gasteiger partial charge < -0.3 is 10.8 Å². The molecule has 0 amide bonds. The number of aliphatic hydroxyl groups excluding tert-OH is 1. The van der Waals surface area contributed by atoms with Gasteiger partial charge in [0.2, 0.25) is 0 Å². The van der Waals surface area contributed by atoms with Gasteiger partial charge >= 0.3 is 0 Å². The van der Waals surface area contributed by atoms with Crippen molar-refractivity contribution in [2.75, 3.05) is 6.61 Å². The first-order valence-corrected chi connectivity index (χ1v) is 6.46. The first-order valence-electron chi connectivity index (χ1n) is 6.46. The van der Waals surface area contributed by atoms with E-state index in [0.29, 0.717) is 12.5 Å². The van der Waals surface area contributed by atoms with Crippen molar-refractivity contribution >= 4 is 0 Å². The molecule has 1 saturated carbocycles. The lowest BCUT2D eigenvalue weighted by atomic mass is 10.1. The molecule has 0 spiro atoms. The van der Waals surface area contributed by atoms with E-state index in [2.05, 4.69) is 17.2 Å². The van der Waals surface area contributed by atoms with Crippen molar-refractivity contribution in [1.29, 1.82) is 0 Å². The summed E-state index contributed by atoms with van der Waals surface area (Å²) < 4.78 is 1.99. The highest BCUT2D eigenvalue weighted by Crippen LogP contribution is 2.33. The van der Waals surface area contributed by atoms with E-state index in [4.69, 9.17) is 10.8 Å². The zero-order chi connectivity index (χ0) is 12.3. The Bertz CT molecular complexity index is 359. The van der Waals surface area contributed by atoms with E-state index in [-0.39, 0.29) is 6.61 Å². The van der Waals surface area contributed by atoms with Crippen molar-refractivity contribution in [1.82, 2.24) is 15.0 Å². The summed E-state index contributed by atoms with van der Waals surface area (Å²) in [5.41, 5.74) is 7.84. The predicted octanol–water partition coefficient (Wildman–Crippen LogP) is 0.708. The van der Waals surface area contributed by atoms with Gasteiger partial charge in [-0.3, -0.25) is 0 Å². The number of aliphatic hydroxyl groups is 1. The maximum atomic E-state index is 8.93. The van der Waals surface area contributed by atoms with Crippen LogP contribution in [0.2, 0.25) is 0 Å². The molecule has 17 heavy (non-hydrogen) atoms. The number of hydrogen-bond donors (Lipinski definition) is 2. The van der Waals surface area contributed by atoms with Gasteiger partial charge in [0, 0.05) is 19.7 Å². The van der Waals surface area contributed by atoms with E-state index < -0.39 is 0 Å². The summed E-state index contributed by atoms with van der Waals surface area (Å²) in [6.07, 6.45) is 4.51. The van der Waals surface area contributed by atoms with E-state index in [1.54, 1.807) is 0 Å². The van der Waals surface area contributed by atoms with Gasteiger partial charge in [0.25, 0.3) is 0 Å². The van der Waals surface area contributed by atoms with Crippen LogP contribution in [-0.2, 0) is 19.5 Å². The van der Waals surface area contributed by atoms with Crippen LogP contribution < -0.4 is 5.73 Å². The Morgan fingerprint density at radius 1 is 1.53 bits per heavy atom. The molecule has 1 aliphatic carbocycles. The van der Waals surface area contributed by atoms with Crippen LogP contribution >= 0.6 is 0 Å². The fraction of sp³-hybridized carbons (Fsp3) is 0.833. The van der Waals surface area contributed by atoms with Crippen molar-refractivity contribution in [3.05, 3.63) is 11.4 Å². The molecule has 96 valence electrons. The molecule has 0 aliphatic heterocycles. The summed E-state index contributed by atoms with van der Waals surface area (Å²) in [6.45, 7) is 3.66. The van der Waals surface area contributed by atoms with Gasteiger partial charge in [0.05, 0.1) is 11.4 Å². The number of rotatable bonds is 7. The van der Waals surface area contributed by atoms with Crippen molar-refractivity contribution in [2.24, 2.45) is 17.6 Å². The van der Waals surface area contributed by atoms with E-state index in [1.807, 2.05) is 4.68 Å². The molecular weight excluding hydrogens is 216 g/mol. The SMILES string of the molecule is CC(CCO)Cn1nnc(CN)c1CC1CC1. The summed E-state index contributed by atoms with van der Waals surface area (Å²) in [6, 6.07) is 0. The fourth-order valence-corrected chi connectivity index (χ4v) is 2.10. The Labute approximate surface area is 102 Å². The van der Waals surface area contributed by atoms with Crippen molar-refractivity contribution in [3.63, 3.8) is 0 Å². The molecule has 1 fully saturated rings. The molecular formula is C12H22N4O. The third-order valence-electron chi connectivity index (χ3n) is 3.40. The highest BCUT2D eigenvalue weighted by molar-refractivity contribution is 5.12. The molecule has 5 heteroatoms. The zero-order valence-electron chi connectivity index (χ0n) is 10.5. The van der Waals surface area contributed by atoms with Crippen LogP contribution in [0.25, 0.3) is 0 Å². The second-order valence-corrected chi connectivity index (χ2v) is 5.13. The smallest absolute Gasteiger partial charge is 0.0994 e. The molecule has 1 aromatic heterocycles. The molecule has 0 saturated heterocycles. The average molecular weight is 238 g/mol. The fourth-order valence-electron chi connectivity index (χ4n) is 2.10. The lowest BCUT2D eigenvalue weighted by Crippen LogP contribution is -2.14. The number of aromatic nitrogens is 3. The number of hydrogen-bond acceptors (Lipinski definition) is 4. The van der Waals surface area contributed by atoms with Crippen LogP contribution in [0.5, 0.6) is 0 Å². The van der Waals surface area contributed by atoms with Crippen LogP contribution in [0.3, 0.4) is 0 Å². The minimum absolute atomic E-state index is 0.234. The second-order valence-electron chi connectivity index (χ2n) is 5.13. The molecule has 5 nitrogen and oxygen atoms in total. The van der Waals surface area contributed by atoms with Crippen molar-refractivity contribution < 1.29 is 5.11 Å². The van der Waals surface area contributed by atoms with Gasteiger partial charge in [0.15, 0.2) is 0 Å². The van der Waals surface area contributed by atoms with Gasteiger partial charge in [-0.05, 0) is 37.5 Å². The van der Waals surface area contributed by atoms with Crippen molar-refractivity contribution in [3.8, 4) is 0 Å². The lowest BCUT2D eigenvalue weighted by Gasteiger charge is -2.12. The van der Waals surface area contributed by atoms with Crippen LogP contribution in [0, 0.1) is 11.8 Å². The molecule has 1 aromatic rings. The third kappa shape index (κ3) is 3.26. The Hall–Kier alpha value is -0.940. The first kappa shape index (κ1) is 12.5. The molecule has 0 radical (unpaired) electrons. The maximum absolute atomic E-state index is 8.93. The van der Waals surface area contributed by atoms with E-state index >= 15 is 0 Å². The number of nitrogens with two attached hydrogens (primary N) is 1. The Balaban J connectivity index is 2.06. The lowest BCUT2D eigenvalue weighted by molar-refractivity contribution is 0.250. The topological polar surface area (TPSA) is 77.0 Å². The van der Waals surface area contributed by atoms with Gasteiger partial charge in [-0.2, -0.15) is 0 Å². The molecule has 1 unspecified atom stereocenters. The Morgan fingerprint density at radius 3 is 2.88 bits per heavy atom. The Kier molecular flexibility index (Phi) is 4.12. The summed E-state index contributed by atoms with van der Waals surface area (Å²) in [5.74, 6) is 1.23. The van der Waals surface area contributed by atoms with Crippen molar-refractivity contribution in [2.45, 2.75) is 45.7 Å². The second kappa shape index (κ2) is 5.60. The standard InChI is InChI=1S/C12H22N4O/c1-9(4-5-17)8-16-12(6-10-2-3-10)11(7-13)14-15-16/h9-10,17H,2-8,13H2,1H3. The maximum Gasteiger partial charge on any atom is 0.0994 e. The highest BCUT2D eigenvalue weighted by atomic mass is 16.3. The molecule has 3 N–H and O–H groups in total. The molecule has 1 heterocycles. The summed E-state index contributed by atoms with van der Waals surface area (Å²) in [7, 11) is 0. The Morgan fingerprint density at radius 2 is 2.29 bits per heavy atom. The summed E-state index contributed by atoms with van der Waals surface area (Å²) in [5, 5.41) is 17.3. The minimum atomic E-state index is 0.234. The summed E-state index contributed by atoms with van der Waals surface area (Å²) >= 11 is 0. The van der Waals surface area contributed by atoms with Gasteiger partial charge in [-0.1, -0.05) is 12.1 Å². The molecule has 1 atom stereocenters. The molecule has 2 rings (SSSR count). The van der Waals surface area contributed by atoms with E-state index in [1.165, 1.54) is 18.5 Å². The van der Waals surface area contributed by atoms with Crippen LogP contribution in [0.15, 0.2) is 0 Å². The van der Waals surface area contributed by atoms with Crippen LogP contribution in [0.4, 0.5) is 0 Å². The monoisotopic (exact) mass is 238 g/mol. The first-order chi connectivity index (χ1) is 8.24. The number of nitrogens with zero attached hydrogens (tertiary/aromatic N) is 3. The van der Waals surface area contributed by atoms with Crippen LogP contribution in [-0.4, -0.2) is 26.7 Å². The van der Waals surface area contributed by atoms with Gasteiger partial charge in [0.1, 0.15) is 0 Å². The minimum Gasteiger partial charge on any atom is -0.396 e. The zero-order valence-corrected chi connectivity index (χ0v) is 10.5. The summed E-state index contributed by atoms with van der Waals surface area (Å²) in [4.78, 5) is 0. The highest BCUT2D eigenvalue weighted by Gasteiger charge is 2.25. The van der Waals surface area contributed by atoms with Gasteiger partial charge in [-0.15, -0.1) is 5.10 Å². The molecule has 0 bridgehead atoms. The third-order valence-corrected chi connectivity index (χ3v) is 3.40. The van der Waals surface area contributed by atoms with Gasteiger partial charge in [-0.25, -0.2) is 4.68 Å². The predicted molar refractivity (Wildman–Crippen MR) is 65.2 cm³/mol. The quantitative estimate of drug-likeness (QED) is 0.733. The van der Waals surface area contributed by atoms with E-state index in [9.17, 15) is 0 Å². The largest absolute Gasteiger partial charge is 0.396 e.